The highest BCUT2D eigenvalue weighted by Crippen LogP contribution is 2.29. The fourth-order valence-electron chi connectivity index (χ4n) is 2.93. The first-order valence-electron chi connectivity index (χ1n) is 8.40. The molecule has 1 aliphatic heterocycles. The molecule has 10 heteroatoms. The first-order chi connectivity index (χ1) is 12.6. The number of thiophene rings is 1. The molecule has 2 aromatic rings. The molecule has 0 saturated carbocycles. The van der Waals surface area contributed by atoms with Gasteiger partial charge in [-0.25, -0.2) is 8.42 Å². The fraction of sp³-hybridized carbons (Fsp3) is 0.412. The lowest BCUT2D eigenvalue weighted by molar-refractivity contribution is -0.384. The second kappa shape index (κ2) is 7.19. The van der Waals surface area contributed by atoms with Crippen molar-refractivity contribution in [1.82, 2.24) is 4.31 Å². The zero-order valence-electron chi connectivity index (χ0n) is 15.0. The monoisotopic (exact) mass is 411 g/mol. The molecule has 8 nitrogen and oxygen atoms in total. The van der Waals surface area contributed by atoms with Gasteiger partial charge in [0.2, 0.25) is 0 Å². The molecule has 146 valence electrons. The summed E-state index contributed by atoms with van der Waals surface area (Å²) in [5.74, 6) is 0. The van der Waals surface area contributed by atoms with Crippen LogP contribution >= 0.6 is 11.3 Å². The van der Waals surface area contributed by atoms with Gasteiger partial charge in [0.25, 0.3) is 15.7 Å². The van der Waals surface area contributed by atoms with Crippen molar-refractivity contribution in [2.45, 2.75) is 23.7 Å². The highest BCUT2D eigenvalue weighted by molar-refractivity contribution is 7.91. The normalized spacial score (nSPS) is 16.5. The molecule has 0 radical (unpaired) electrons. The van der Waals surface area contributed by atoms with Crippen molar-refractivity contribution in [1.29, 1.82) is 0 Å². The summed E-state index contributed by atoms with van der Waals surface area (Å²) in [7, 11) is -3.72. The van der Waals surface area contributed by atoms with Crippen LogP contribution in [0.3, 0.4) is 0 Å². The second-order valence-corrected chi connectivity index (χ2v) is 9.95. The molecule has 3 rings (SSSR count). The molecule has 0 atom stereocenters. The molecule has 0 unspecified atom stereocenters. The summed E-state index contributed by atoms with van der Waals surface area (Å²) >= 11 is 0.871. The number of anilines is 1. The third-order valence-corrected chi connectivity index (χ3v) is 7.85. The van der Waals surface area contributed by atoms with Crippen molar-refractivity contribution < 1.29 is 18.4 Å². The zero-order valence-corrected chi connectivity index (χ0v) is 16.7. The quantitative estimate of drug-likeness (QED) is 0.598. The topological polar surface area (TPSA) is 104 Å². The van der Waals surface area contributed by atoms with Crippen molar-refractivity contribution >= 4 is 32.7 Å². The molecule has 1 N–H and O–H groups in total. The van der Waals surface area contributed by atoms with Crippen LogP contribution in [0.2, 0.25) is 0 Å². The highest BCUT2D eigenvalue weighted by Gasteiger charge is 2.31. The number of rotatable bonds is 5. The van der Waals surface area contributed by atoms with Gasteiger partial charge in [0.15, 0.2) is 0 Å². The number of sulfonamides is 1. The summed E-state index contributed by atoms with van der Waals surface area (Å²) < 4.78 is 26.7. The lowest BCUT2D eigenvalue weighted by Gasteiger charge is -2.35. The number of aliphatic hydroxyl groups is 1. The van der Waals surface area contributed by atoms with Crippen LogP contribution in [0, 0.1) is 10.1 Å². The lowest BCUT2D eigenvalue weighted by Crippen LogP contribution is -2.48. The van der Waals surface area contributed by atoms with Crippen molar-refractivity contribution in [2.24, 2.45) is 0 Å². The third-order valence-electron chi connectivity index (χ3n) is 4.54. The van der Waals surface area contributed by atoms with Crippen LogP contribution in [0.5, 0.6) is 0 Å². The average molecular weight is 412 g/mol. The van der Waals surface area contributed by atoms with E-state index in [2.05, 4.69) is 4.90 Å². The molecule has 0 bridgehead atoms. The van der Waals surface area contributed by atoms with Crippen LogP contribution in [0.1, 0.15) is 19.4 Å². The summed E-state index contributed by atoms with van der Waals surface area (Å²) in [5, 5.41) is 22.1. The Hall–Kier alpha value is -2.01. The number of piperazine rings is 1. The summed E-state index contributed by atoms with van der Waals surface area (Å²) in [6, 6.07) is 8.67. The van der Waals surface area contributed by atoms with E-state index in [0.717, 1.165) is 28.7 Å². The van der Waals surface area contributed by atoms with Crippen LogP contribution in [0.4, 0.5) is 11.4 Å². The largest absolute Gasteiger partial charge is 0.386 e. The standard InChI is InChI=1S/C17H21N3O5S2/c1-17(2,21)13-3-5-14(6-4-13)18-7-9-19(10-8-18)27(24,25)16-11-15(12-26-16)20(22)23/h3-6,11-12,21H,7-10H2,1-2H3. The van der Waals surface area contributed by atoms with E-state index in [1.807, 2.05) is 24.3 Å². The molecule has 0 aliphatic carbocycles. The smallest absolute Gasteiger partial charge is 0.281 e. The number of hydrogen-bond acceptors (Lipinski definition) is 7. The Morgan fingerprint density at radius 3 is 2.22 bits per heavy atom. The maximum absolute atomic E-state index is 12.7. The predicted molar refractivity (Wildman–Crippen MR) is 104 cm³/mol. The maximum atomic E-state index is 12.7. The maximum Gasteiger partial charge on any atom is 0.281 e. The second-order valence-electron chi connectivity index (χ2n) is 6.88. The minimum atomic E-state index is -3.72. The molecule has 1 aliphatic rings. The van der Waals surface area contributed by atoms with E-state index < -0.39 is 20.5 Å². The van der Waals surface area contributed by atoms with Crippen LogP contribution in [0.15, 0.2) is 39.9 Å². The van der Waals surface area contributed by atoms with Gasteiger partial charge in [0, 0.05) is 37.9 Å². The lowest BCUT2D eigenvalue weighted by atomic mass is 9.98. The first kappa shape index (κ1) is 19.7. The molecular formula is C17H21N3O5S2. The Balaban J connectivity index is 1.68. The Bertz CT molecular complexity index is 924. The van der Waals surface area contributed by atoms with E-state index in [-0.39, 0.29) is 9.90 Å². The minimum Gasteiger partial charge on any atom is -0.386 e. The van der Waals surface area contributed by atoms with Gasteiger partial charge in [0.1, 0.15) is 4.21 Å². The summed E-state index contributed by atoms with van der Waals surface area (Å²) in [6.07, 6.45) is 0. The Kier molecular flexibility index (Phi) is 5.26. The SMILES string of the molecule is CC(C)(O)c1ccc(N2CCN(S(=O)(=O)c3cc([N+](=O)[O-])cs3)CC2)cc1. The predicted octanol–water partition coefficient (Wildman–Crippen LogP) is 2.39. The minimum absolute atomic E-state index is 0.00261. The van der Waals surface area contributed by atoms with Crippen molar-refractivity contribution in [3.63, 3.8) is 0 Å². The van der Waals surface area contributed by atoms with Crippen LogP contribution in [-0.2, 0) is 15.6 Å². The molecule has 1 aromatic heterocycles. The molecule has 2 heterocycles. The van der Waals surface area contributed by atoms with Gasteiger partial charge in [-0.2, -0.15) is 4.31 Å². The molecule has 1 saturated heterocycles. The van der Waals surface area contributed by atoms with E-state index >= 15 is 0 Å². The summed E-state index contributed by atoms with van der Waals surface area (Å²) in [4.78, 5) is 12.3. The van der Waals surface area contributed by atoms with Gasteiger partial charge in [-0.1, -0.05) is 12.1 Å². The van der Waals surface area contributed by atoms with Gasteiger partial charge in [-0.3, -0.25) is 10.1 Å². The molecule has 1 aromatic carbocycles. The van der Waals surface area contributed by atoms with E-state index in [0.29, 0.717) is 26.2 Å². The van der Waals surface area contributed by atoms with Gasteiger partial charge in [-0.05, 0) is 31.5 Å². The highest BCUT2D eigenvalue weighted by atomic mass is 32.2. The molecule has 1 fully saturated rings. The Morgan fingerprint density at radius 1 is 1.15 bits per heavy atom. The molecule has 27 heavy (non-hydrogen) atoms. The molecular weight excluding hydrogens is 390 g/mol. The van der Waals surface area contributed by atoms with Crippen LogP contribution in [-0.4, -0.2) is 48.9 Å². The Morgan fingerprint density at radius 2 is 1.74 bits per heavy atom. The summed E-state index contributed by atoms with van der Waals surface area (Å²) in [6.45, 7) is 5.10. The van der Waals surface area contributed by atoms with E-state index in [4.69, 9.17) is 0 Å². The van der Waals surface area contributed by atoms with Crippen LogP contribution < -0.4 is 4.90 Å². The van der Waals surface area contributed by atoms with E-state index in [1.165, 1.54) is 9.69 Å². The average Bonchev–Trinajstić information content (AvgIpc) is 3.12. The number of benzene rings is 1. The third kappa shape index (κ3) is 4.13. The van der Waals surface area contributed by atoms with Crippen molar-refractivity contribution in [3.05, 3.63) is 51.4 Å². The fourth-order valence-corrected chi connectivity index (χ4v) is 5.63. The first-order valence-corrected chi connectivity index (χ1v) is 10.7. The van der Waals surface area contributed by atoms with E-state index in [1.54, 1.807) is 13.8 Å². The van der Waals surface area contributed by atoms with Gasteiger partial charge in [-0.15, -0.1) is 11.3 Å². The van der Waals surface area contributed by atoms with Gasteiger partial charge < -0.3 is 10.0 Å². The van der Waals surface area contributed by atoms with Crippen molar-refractivity contribution in [2.75, 3.05) is 31.1 Å². The number of nitro groups is 1. The number of hydrogen-bond donors (Lipinski definition) is 1. The van der Waals surface area contributed by atoms with Crippen molar-refractivity contribution in [3.8, 4) is 0 Å². The summed E-state index contributed by atoms with van der Waals surface area (Å²) in [5.41, 5.74) is 0.664. The van der Waals surface area contributed by atoms with E-state index in [9.17, 15) is 23.6 Å². The molecule has 0 spiro atoms. The van der Waals surface area contributed by atoms with Crippen LogP contribution in [0.25, 0.3) is 0 Å². The Labute approximate surface area is 161 Å². The molecule has 0 amide bonds. The zero-order chi connectivity index (χ0) is 19.8. The van der Waals surface area contributed by atoms with Gasteiger partial charge >= 0.3 is 0 Å². The van der Waals surface area contributed by atoms with Gasteiger partial charge in [0.05, 0.1) is 15.9 Å². The number of nitrogens with zero attached hydrogens (tertiary/aromatic N) is 3.